The van der Waals surface area contributed by atoms with E-state index in [-0.39, 0.29) is 18.2 Å². The minimum absolute atomic E-state index is 0.0254. The van der Waals surface area contributed by atoms with Crippen LogP contribution in [0, 0.1) is 5.92 Å². The number of nitrogens with zero attached hydrogens (tertiary/aromatic N) is 1. The maximum absolute atomic E-state index is 11.9. The third-order valence-electron chi connectivity index (χ3n) is 2.64. The molecule has 1 unspecified atom stereocenters. The third kappa shape index (κ3) is 3.67. The molecular formula is C13H14N2O4S. The minimum atomic E-state index is -0.873. The van der Waals surface area contributed by atoms with Crippen LogP contribution in [0.4, 0.5) is 0 Å². The lowest BCUT2D eigenvalue weighted by atomic mass is 10.1. The maximum atomic E-state index is 11.9. The summed E-state index contributed by atoms with van der Waals surface area (Å²) in [5.41, 5.74) is 1.15. The smallest absolute Gasteiger partial charge is 0.303 e. The summed E-state index contributed by atoms with van der Waals surface area (Å²) >= 11 is 1.35. The lowest BCUT2D eigenvalue weighted by Crippen LogP contribution is -2.29. The molecule has 0 saturated heterocycles. The molecule has 2 aromatic heterocycles. The molecule has 2 rings (SSSR count). The van der Waals surface area contributed by atoms with Crippen molar-refractivity contribution in [1.82, 2.24) is 10.3 Å². The number of carboxylic acid groups (broad SMARTS) is 1. The van der Waals surface area contributed by atoms with Crippen LogP contribution in [0.3, 0.4) is 0 Å². The number of nitrogens with one attached hydrogen (secondary N) is 1. The fraction of sp³-hybridized carbons (Fsp3) is 0.308. The van der Waals surface area contributed by atoms with Crippen LogP contribution >= 0.6 is 11.3 Å². The Balaban J connectivity index is 1.92. The second kappa shape index (κ2) is 6.33. The van der Waals surface area contributed by atoms with Gasteiger partial charge in [-0.05, 0) is 12.0 Å². The van der Waals surface area contributed by atoms with Crippen molar-refractivity contribution in [2.24, 2.45) is 5.92 Å². The first-order chi connectivity index (χ1) is 9.56. The number of hydrogen-bond acceptors (Lipinski definition) is 5. The fourth-order valence-corrected chi connectivity index (χ4v) is 2.41. The summed E-state index contributed by atoms with van der Waals surface area (Å²) in [6.45, 7) is 2.08. The van der Waals surface area contributed by atoms with Crippen molar-refractivity contribution < 1.29 is 19.1 Å². The van der Waals surface area contributed by atoms with Crippen molar-refractivity contribution in [3.05, 3.63) is 29.7 Å². The van der Waals surface area contributed by atoms with Crippen molar-refractivity contribution >= 4 is 23.2 Å². The van der Waals surface area contributed by atoms with Gasteiger partial charge in [0.15, 0.2) is 0 Å². The molecule has 0 fully saturated rings. The van der Waals surface area contributed by atoms with E-state index in [0.29, 0.717) is 17.2 Å². The molecule has 0 bridgehead atoms. The van der Waals surface area contributed by atoms with Gasteiger partial charge in [-0.3, -0.25) is 9.59 Å². The molecule has 0 spiro atoms. The van der Waals surface area contributed by atoms with Gasteiger partial charge in [-0.1, -0.05) is 6.92 Å². The van der Waals surface area contributed by atoms with Crippen molar-refractivity contribution in [1.29, 1.82) is 0 Å². The van der Waals surface area contributed by atoms with E-state index in [0.717, 1.165) is 5.56 Å². The second-order valence-corrected chi connectivity index (χ2v) is 5.32. The van der Waals surface area contributed by atoms with Crippen LogP contribution in [0.25, 0.3) is 10.6 Å². The Bertz CT molecular complexity index is 591. The standard InChI is InChI=1S/C13H14N2O4S/c1-8(4-11(16)17)5-14-12(18)10-7-20-13(15-10)9-2-3-19-6-9/h2-3,6-8H,4-5H2,1H3,(H,14,18)(H,16,17). The molecule has 2 heterocycles. The predicted octanol–water partition coefficient (Wildman–Crippen LogP) is 2.24. The summed E-state index contributed by atoms with van der Waals surface area (Å²) in [5, 5.41) is 13.7. The van der Waals surface area contributed by atoms with Crippen LogP contribution in [0.5, 0.6) is 0 Å². The Morgan fingerprint density at radius 2 is 2.35 bits per heavy atom. The van der Waals surface area contributed by atoms with Crippen molar-refractivity contribution in [3.8, 4) is 10.6 Å². The van der Waals surface area contributed by atoms with Crippen molar-refractivity contribution in [2.75, 3.05) is 6.54 Å². The molecular weight excluding hydrogens is 280 g/mol. The van der Waals surface area contributed by atoms with Crippen LogP contribution in [0.1, 0.15) is 23.8 Å². The van der Waals surface area contributed by atoms with E-state index >= 15 is 0 Å². The SMILES string of the molecule is CC(CNC(=O)c1csc(-c2ccoc2)n1)CC(=O)O. The maximum Gasteiger partial charge on any atom is 0.303 e. The molecule has 0 aliphatic carbocycles. The lowest BCUT2D eigenvalue weighted by Gasteiger charge is -2.08. The number of carbonyl (C=O) groups excluding carboxylic acids is 1. The monoisotopic (exact) mass is 294 g/mol. The molecule has 2 aromatic rings. The average Bonchev–Trinajstić information content (AvgIpc) is 3.04. The highest BCUT2D eigenvalue weighted by molar-refractivity contribution is 7.13. The first kappa shape index (κ1) is 14.3. The fourth-order valence-electron chi connectivity index (χ4n) is 1.62. The van der Waals surface area contributed by atoms with Gasteiger partial charge >= 0.3 is 5.97 Å². The Hall–Kier alpha value is -2.15. The number of amides is 1. The zero-order chi connectivity index (χ0) is 14.5. The highest BCUT2D eigenvalue weighted by Gasteiger charge is 2.14. The highest BCUT2D eigenvalue weighted by atomic mass is 32.1. The molecule has 6 nitrogen and oxygen atoms in total. The third-order valence-corrected chi connectivity index (χ3v) is 3.53. The zero-order valence-corrected chi connectivity index (χ0v) is 11.6. The number of hydrogen-bond donors (Lipinski definition) is 2. The number of carboxylic acids is 1. The van der Waals surface area contributed by atoms with Crippen LogP contribution in [-0.2, 0) is 4.79 Å². The van der Waals surface area contributed by atoms with Crippen LogP contribution in [-0.4, -0.2) is 28.5 Å². The van der Waals surface area contributed by atoms with E-state index in [2.05, 4.69) is 10.3 Å². The number of carbonyl (C=O) groups is 2. The molecule has 0 aromatic carbocycles. The van der Waals surface area contributed by atoms with Gasteiger partial charge < -0.3 is 14.8 Å². The van der Waals surface area contributed by atoms with Gasteiger partial charge in [0, 0.05) is 23.9 Å². The first-order valence-corrected chi connectivity index (χ1v) is 6.92. The number of aromatic nitrogens is 1. The Labute approximate surface area is 119 Å². The quantitative estimate of drug-likeness (QED) is 0.852. The highest BCUT2D eigenvalue weighted by Crippen LogP contribution is 2.23. The summed E-state index contributed by atoms with van der Waals surface area (Å²) in [5.74, 6) is -1.29. The van der Waals surface area contributed by atoms with Gasteiger partial charge in [-0.15, -0.1) is 11.3 Å². The van der Waals surface area contributed by atoms with Gasteiger partial charge in [-0.25, -0.2) is 4.98 Å². The van der Waals surface area contributed by atoms with Crippen LogP contribution < -0.4 is 5.32 Å². The molecule has 0 aliphatic rings. The number of rotatable bonds is 6. The van der Waals surface area contributed by atoms with Crippen molar-refractivity contribution in [2.45, 2.75) is 13.3 Å². The van der Waals surface area contributed by atoms with E-state index in [4.69, 9.17) is 9.52 Å². The van der Waals surface area contributed by atoms with Gasteiger partial charge in [-0.2, -0.15) is 0 Å². The summed E-state index contributed by atoms with van der Waals surface area (Å²) < 4.78 is 4.97. The molecule has 0 radical (unpaired) electrons. The minimum Gasteiger partial charge on any atom is -0.481 e. The van der Waals surface area contributed by atoms with Crippen LogP contribution in [0.2, 0.25) is 0 Å². The molecule has 106 valence electrons. The Morgan fingerprint density at radius 1 is 1.55 bits per heavy atom. The molecule has 0 saturated carbocycles. The average molecular weight is 294 g/mol. The molecule has 1 atom stereocenters. The number of thiazole rings is 1. The first-order valence-electron chi connectivity index (χ1n) is 6.04. The van der Waals surface area contributed by atoms with E-state index in [1.807, 2.05) is 0 Å². The lowest BCUT2D eigenvalue weighted by molar-refractivity contribution is -0.137. The zero-order valence-electron chi connectivity index (χ0n) is 10.8. The summed E-state index contributed by atoms with van der Waals surface area (Å²) in [7, 11) is 0. The van der Waals surface area contributed by atoms with Crippen molar-refractivity contribution in [3.63, 3.8) is 0 Å². The van der Waals surface area contributed by atoms with E-state index in [1.165, 1.54) is 11.3 Å². The Morgan fingerprint density at radius 3 is 3.00 bits per heavy atom. The Kier molecular flexibility index (Phi) is 4.52. The normalized spacial score (nSPS) is 12.1. The summed E-state index contributed by atoms with van der Waals surface area (Å²) in [6.07, 6.45) is 3.14. The number of aliphatic carboxylic acids is 1. The van der Waals surface area contributed by atoms with E-state index in [1.54, 1.807) is 30.9 Å². The van der Waals surface area contributed by atoms with E-state index < -0.39 is 5.97 Å². The topological polar surface area (TPSA) is 92.4 Å². The molecule has 1 amide bonds. The second-order valence-electron chi connectivity index (χ2n) is 4.46. The van der Waals surface area contributed by atoms with Gasteiger partial charge in [0.1, 0.15) is 17.0 Å². The van der Waals surface area contributed by atoms with Gasteiger partial charge in [0.05, 0.1) is 6.26 Å². The summed E-state index contributed by atoms with van der Waals surface area (Å²) in [4.78, 5) is 26.6. The van der Waals surface area contributed by atoms with E-state index in [9.17, 15) is 9.59 Å². The predicted molar refractivity (Wildman–Crippen MR) is 73.6 cm³/mol. The number of furan rings is 1. The van der Waals surface area contributed by atoms with Crippen LogP contribution in [0.15, 0.2) is 28.4 Å². The molecule has 20 heavy (non-hydrogen) atoms. The molecule has 0 aliphatic heterocycles. The molecule has 2 N–H and O–H groups in total. The van der Waals surface area contributed by atoms with Gasteiger partial charge in [0.25, 0.3) is 5.91 Å². The van der Waals surface area contributed by atoms with Gasteiger partial charge in [0.2, 0.25) is 0 Å². The largest absolute Gasteiger partial charge is 0.481 e. The summed E-state index contributed by atoms with van der Waals surface area (Å²) in [6, 6.07) is 1.77. The molecule has 7 heteroatoms.